The first kappa shape index (κ1) is 22.2. The number of hydrogen-bond acceptors (Lipinski definition) is 5. The van der Waals surface area contributed by atoms with Crippen LogP contribution in [0.25, 0.3) is 0 Å². The molecule has 7 nitrogen and oxygen atoms in total. The van der Waals surface area contributed by atoms with Gasteiger partial charge in [-0.05, 0) is 50.3 Å². The molecular formula is C23H34N2O5. The molecule has 1 N–H and O–H groups in total. The van der Waals surface area contributed by atoms with Crippen LogP contribution in [-0.2, 0) is 9.59 Å². The first-order valence-corrected chi connectivity index (χ1v) is 10.9. The van der Waals surface area contributed by atoms with E-state index in [1.807, 2.05) is 24.0 Å². The van der Waals surface area contributed by atoms with Crippen molar-refractivity contribution in [2.75, 3.05) is 27.9 Å². The zero-order chi connectivity index (χ0) is 21.7. The van der Waals surface area contributed by atoms with Crippen molar-refractivity contribution in [1.29, 1.82) is 0 Å². The van der Waals surface area contributed by atoms with Crippen molar-refractivity contribution in [3.05, 3.63) is 17.7 Å². The fraction of sp³-hybridized carbons (Fsp3) is 0.652. The molecule has 2 aliphatic rings. The highest BCUT2D eigenvalue weighted by molar-refractivity contribution is 5.89. The molecule has 7 heteroatoms. The predicted molar refractivity (Wildman–Crippen MR) is 114 cm³/mol. The summed E-state index contributed by atoms with van der Waals surface area (Å²) in [6.45, 7) is 2.59. The topological polar surface area (TPSA) is 77.1 Å². The zero-order valence-electron chi connectivity index (χ0n) is 18.5. The summed E-state index contributed by atoms with van der Waals surface area (Å²) >= 11 is 0. The van der Waals surface area contributed by atoms with Crippen molar-refractivity contribution < 1.29 is 23.8 Å². The molecule has 3 rings (SSSR count). The fourth-order valence-corrected chi connectivity index (χ4v) is 4.63. The predicted octanol–water partition coefficient (Wildman–Crippen LogP) is 3.46. The van der Waals surface area contributed by atoms with Crippen molar-refractivity contribution in [2.24, 2.45) is 5.92 Å². The number of methoxy groups -OCH3 is 3. The molecule has 2 atom stereocenters. The van der Waals surface area contributed by atoms with Crippen LogP contribution in [-0.4, -0.2) is 50.6 Å². The van der Waals surface area contributed by atoms with E-state index in [9.17, 15) is 9.59 Å². The lowest BCUT2D eigenvalue weighted by Crippen LogP contribution is -2.48. The molecule has 1 aromatic rings. The van der Waals surface area contributed by atoms with E-state index in [4.69, 9.17) is 14.2 Å². The van der Waals surface area contributed by atoms with E-state index in [2.05, 4.69) is 5.32 Å². The van der Waals surface area contributed by atoms with Crippen LogP contribution in [0, 0.1) is 5.92 Å². The Morgan fingerprint density at radius 3 is 2.17 bits per heavy atom. The van der Waals surface area contributed by atoms with Gasteiger partial charge in [0, 0.05) is 12.5 Å². The van der Waals surface area contributed by atoms with Gasteiger partial charge in [0.1, 0.15) is 6.04 Å². The number of nitrogens with one attached hydrogen (secondary N) is 1. The Labute approximate surface area is 179 Å². The highest BCUT2D eigenvalue weighted by Crippen LogP contribution is 2.39. The molecule has 0 spiro atoms. The van der Waals surface area contributed by atoms with Crippen LogP contribution in [0.3, 0.4) is 0 Å². The smallest absolute Gasteiger partial charge is 0.243 e. The van der Waals surface area contributed by atoms with Crippen LogP contribution in [0.1, 0.15) is 63.5 Å². The van der Waals surface area contributed by atoms with Gasteiger partial charge in [0.25, 0.3) is 0 Å². The highest BCUT2D eigenvalue weighted by atomic mass is 16.5. The Bertz CT molecular complexity index is 735. The van der Waals surface area contributed by atoms with Gasteiger partial charge in [-0.3, -0.25) is 9.59 Å². The summed E-state index contributed by atoms with van der Waals surface area (Å²) in [7, 11) is 4.69. The third kappa shape index (κ3) is 4.65. The molecule has 0 radical (unpaired) electrons. The van der Waals surface area contributed by atoms with Crippen LogP contribution in [0.15, 0.2) is 12.1 Å². The Morgan fingerprint density at radius 2 is 1.60 bits per heavy atom. The van der Waals surface area contributed by atoms with Crippen molar-refractivity contribution >= 4 is 11.8 Å². The zero-order valence-corrected chi connectivity index (χ0v) is 18.5. The monoisotopic (exact) mass is 418 g/mol. The van der Waals surface area contributed by atoms with Crippen LogP contribution in [0.4, 0.5) is 0 Å². The molecule has 2 fully saturated rings. The number of amides is 2. The molecule has 0 aromatic heterocycles. The average molecular weight is 419 g/mol. The second kappa shape index (κ2) is 10.0. The Kier molecular flexibility index (Phi) is 7.45. The van der Waals surface area contributed by atoms with E-state index < -0.39 is 0 Å². The first-order valence-electron chi connectivity index (χ1n) is 10.9. The lowest BCUT2D eigenvalue weighted by Gasteiger charge is -2.30. The maximum absolute atomic E-state index is 13.1. The molecular weight excluding hydrogens is 384 g/mol. The van der Waals surface area contributed by atoms with Crippen molar-refractivity contribution in [3.8, 4) is 17.2 Å². The molecule has 1 heterocycles. The fourth-order valence-electron chi connectivity index (χ4n) is 4.63. The maximum Gasteiger partial charge on any atom is 0.243 e. The lowest BCUT2D eigenvalue weighted by atomic mass is 9.88. The Morgan fingerprint density at radius 1 is 0.967 bits per heavy atom. The number of hydrogen-bond donors (Lipinski definition) is 1. The number of ether oxygens (including phenoxy) is 3. The number of benzene rings is 1. The molecule has 1 aliphatic carbocycles. The van der Waals surface area contributed by atoms with Crippen LogP contribution >= 0.6 is 0 Å². The van der Waals surface area contributed by atoms with Gasteiger partial charge >= 0.3 is 0 Å². The van der Waals surface area contributed by atoms with E-state index in [0.717, 1.165) is 37.7 Å². The maximum atomic E-state index is 13.1. The van der Waals surface area contributed by atoms with Crippen molar-refractivity contribution in [1.82, 2.24) is 10.2 Å². The van der Waals surface area contributed by atoms with Gasteiger partial charge in [-0.1, -0.05) is 19.3 Å². The SMILES string of the molecule is COc1cc(C(C)NC(=O)C2CCCN2C(=O)C2CCCCC2)cc(OC)c1OC. The van der Waals surface area contributed by atoms with Crippen LogP contribution in [0.5, 0.6) is 17.2 Å². The van der Waals surface area contributed by atoms with Gasteiger partial charge < -0.3 is 24.4 Å². The molecule has 30 heavy (non-hydrogen) atoms. The number of carbonyl (C=O) groups excluding carboxylic acids is 2. The minimum Gasteiger partial charge on any atom is -0.493 e. The largest absolute Gasteiger partial charge is 0.493 e. The van der Waals surface area contributed by atoms with E-state index in [-0.39, 0.29) is 29.8 Å². The van der Waals surface area contributed by atoms with Gasteiger partial charge in [0.15, 0.2) is 11.5 Å². The quantitative estimate of drug-likeness (QED) is 0.734. The van der Waals surface area contributed by atoms with Gasteiger partial charge in [0.2, 0.25) is 17.6 Å². The summed E-state index contributed by atoms with van der Waals surface area (Å²) in [4.78, 5) is 27.9. The minimum atomic E-state index is -0.385. The summed E-state index contributed by atoms with van der Waals surface area (Å²) in [5.74, 6) is 1.75. The summed E-state index contributed by atoms with van der Waals surface area (Å²) in [5.41, 5.74) is 0.848. The molecule has 2 amide bonds. The third-order valence-electron chi connectivity index (χ3n) is 6.34. The lowest BCUT2D eigenvalue weighted by molar-refractivity contribution is -0.142. The molecule has 1 saturated heterocycles. The van der Waals surface area contributed by atoms with Gasteiger partial charge in [-0.25, -0.2) is 0 Å². The van der Waals surface area contributed by atoms with E-state index >= 15 is 0 Å². The molecule has 2 unspecified atom stereocenters. The van der Waals surface area contributed by atoms with E-state index in [1.165, 1.54) is 6.42 Å². The standard InChI is InChI=1S/C23H34N2O5/c1-15(17-13-19(28-2)21(30-4)20(14-17)29-3)24-22(26)18-11-8-12-25(18)23(27)16-9-6-5-7-10-16/h13-16,18H,5-12H2,1-4H3,(H,24,26). The highest BCUT2D eigenvalue weighted by Gasteiger charge is 2.37. The van der Waals surface area contributed by atoms with Crippen LogP contribution in [0.2, 0.25) is 0 Å². The van der Waals surface area contributed by atoms with Gasteiger partial charge in [-0.2, -0.15) is 0 Å². The molecule has 1 aromatic carbocycles. The van der Waals surface area contributed by atoms with Gasteiger partial charge in [0.05, 0.1) is 27.4 Å². The minimum absolute atomic E-state index is 0.0830. The number of carbonyl (C=O) groups is 2. The molecule has 1 saturated carbocycles. The van der Waals surface area contributed by atoms with Crippen LogP contribution < -0.4 is 19.5 Å². The van der Waals surface area contributed by atoms with E-state index in [0.29, 0.717) is 30.2 Å². The van der Waals surface area contributed by atoms with E-state index in [1.54, 1.807) is 21.3 Å². The summed E-state index contributed by atoms with van der Waals surface area (Å²) < 4.78 is 16.2. The third-order valence-corrected chi connectivity index (χ3v) is 6.34. The summed E-state index contributed by atoms with van der Waals surface area (Å²) in [5, 5.41) is 3.08. The summed E-state index contributed by atoms with van der Waals surface area (Å²) in [6, 6.07) is 3.03. The van der Waals surface area contributed by atoms with Crippen molar-refractivity contribution in [2.45, 2.75) is 64.0 Å². The number of likely N-dealkylation sites (tertiary alicyclic amines) is 1. The molecule has 0 bridgehead atoms. The second-order valence-electron chi connectivity index (χ2n) is 8.21. The first-order chi connectivity index (χ1) is 14.5. The summed E-state index contributed by atoms with van der Waals surface area (Å²) in [6.07, 6.45) is 6.91. The number of nitrogens with zero attached hydrogens (tertiary/aromatic N) is 1. The average Bonchev–Trinajstić information content (AvgIpc) is 3.28. The Hall–Kier alpha value is -2.44. The van der Waals surface area contributed by atoms with Gasteiger partial charge in [-0.15, -0.1) is 0 Å². The van der Waals surface area contributed by atoms with Crippen molar-refractivity contribution in [3.63, 3.8) is 0 Å². The number of rotatable bonds is 7. The normalized spacial score (nSPS) is 20.5. The molecule has 166 valence electrons. The molecule has 1 aliphatic heterocycles. The Balaban J connectivity index is 1.71. The second-order valence-corrected chi connectivity index (χ2v) is 8.21.